The van der Waals surface area contributed by atoms with Gasteiger partial charge in [-0.05, 0) is 38.1 Å². The predicted molar refractivity (Wildman–Crippen MR) is 100 cm³/mol. The molecule has 0 aliphatic heterocycles. The number of benzene rings is 1. The van der Waals surface area contributed by atoms with Crippen molar-refractivity contribution in [2.45, 2.75) is 26.0 Å². The lowest BCUT2D eigenvalue weighted by Gasteiger charge is -2.19. The Hall–Kier alpha value is -1.82. The zero-order chi connectivity index (χ0) is 16.0. The lowest BCUT2D eigenvalue weighted by molar-refractivity contribution is 0.0945. The molecule has 0 bridgehead atoms. The highest BCUT2D eigenvalue weighted by Gasteiger charge is 2.13. The highest BCUT2D eigenvalue weighted by Crippen LogP contribution is 2.15. The third kappa shape index (κ3) is 7.64. The molecule has 0 atom stereocenters. The van der Waals surface area contributed by atoms with Crippen molar-refractivity contribution in [3.63, 3.8) is 0 Å². The molecular weight excluding hydrogens is 349 g/mol. The topological polar surface area (TPSA) is 77.2 Å². The maximum Gasteiger partial charge on any atom is 0.251 e. The van der Waals surface area contributed by atoms with E-state index in [0.29, 0.717) is 24.5 Å². The normalized spacial score (nSPS) is 10.1. The molecule has 2 rings (SSSR count). The van der Waals surface area contributed by atoms with E-state index in [9.17, 15) is 4.79 Å². The van der Waals surface area contributed by atoms with Gasteiger partial charge in [-0.3, -0.25) is 9.78 Å². The number of carbonyl (C=O) groups excluding carboxylic acids is 1. The van der Waals surface area contributed by atoms with Crippen LogP contribution in [-0.4, -0.2) is 23.0 Å². The second kappa shape index (κ2) is 10.1. The molecule has 1 heterocycles. The molecule has 0 spiro atoms. The number of hydrogen-bond donors (Lipinski definition) is 2. The summed E-state index contributed by atoms with van der Waals surface area (Å²) in [4.78, 5) is 16.1. The van der Waals surface area contributed by atoms with E-state index in [-0.39, 0.29) is 30.7 Å². The first-order chi connectivity index (χ1) is 10.4. The molecule has 0 unspecified atom stereocenters. The largest absolute Gasteiger partial charge is 0.489 e. The van der Waals surface area contributed by atoms with E-state index in [1.165, 1.54) is 0 Å². The number of ether oxygens (including phenoxy) is 1. The summed E-state index contributed by atoms with van der Waals surface area (Å²) in [7, 11) is 0. The molecule has 0 aliphatic rings. The molecule has 5 nitrogen and oxygen atoms in total. The summed E-state index contributed by atoms with van der Waals surface area (Å²) in [6.45, 7) is 4.54. The van der Waals surface area contributed by atoms with Crippen LogP contribution in [-0.2, 0) is 6.61 Å². The molecule has 7 heteroatoms. The molecule has 0 fully saturated rings. The maximum atomic E-state index is 12.1. The van der Waals surface area contributed by atoms with Crippen molar-refractivity contribution >= 4 is 30.7 Å². The van der Waals surface area contributed by atoms with Crippen LogP contribution in [0.5, 0.6) is 5.75 Å². The second-order valence-electron chi connectivity index (χ2n) is 5.85. The van der Waals surface area contributed by atoms with Crippen LogP contribution in [0.3, 0.4) is 0 Å². The summed E-state index contributed by atoms with van der Waals surface area (Å²) in [6, 6.07) is 10.9. The summed E-state index contributed by atoms with van der Waals surface area (Å²) in [5.41, 5.74) is 6.94. The Balaban J connectivity index is 0.00000264. The molecule has 2 aromatic rings. The monoisotopic (exact) mass is 371 g/mol. The van der Waals surface area contributed by atoms with Crippen LogP contribution in [0, 0.1) is 0 Å². The third-order valence-electron chi connectivity index (χ3n) is 2.93. The zero-order valence-corrected chi connectivity index (χ0v) is 15.3. The van der Waals surface area contributed by atoms with Crippen LogP contribution in [0.15, 0.2) is 48.8 Å². The van der Waals surface area contributed by atoms with E-state index in [2.05, 4.69) is 10.3 Å². The molecule has 3 N–H and O–H groups in total. The Morgan fingerprint density at radius 2 is 2.00 bits per heavy atom. The number of nitrogens with two attached hydrogens (primary N) is 1. The number of pyridine rings is 1. The van der Waals surface area contributed by atoms with Gasteiger partial charge in [-0.25, -0.2) is 0 Å². The van der Waals surface area contributed by atoms with E-state index in [1.807, 2.05) is 32.0 Å². The number of aromatic nitrogens is 1. The van der Waals surface area contributed by atoms with Crippen LogP contribution >= 0.6 is 24.8 Å². The summed E-state index contributed by atoms with van der Waals surface area (Å²) in [6.07, 6.45) is 3.47. The Morgan fingerprint density at radius 3 is 2.62 bits per heavy atom. The summed E-state index contributed by atoms with van der Waals surface area (Å²) >= 11 is 0. The van der Waals surface area contributed by atoms with Gasteiger partial charge < -0.3 is 15.8 Å². The molecule has 1 amide bonds. The van der Waals surface area contributed by atoms with Gasteiger partial charge in [0.15, 0.2) is 0 Å². The molecule has 0 radical (unpaired) electrons. The number of halogens is 2. The van der Waals surface area contributed by atoms with Gasteiger partial charge in [-0.1, -0.05) is 12.1 Å². The van der Waals surface area contributed by atoms with Gasteiger partial charge >= 0.3 is 0 Å². The van der Waals surface area contributed by atoms with Gasteiger partial charge in [0, 0.05) is 35.6 Å². The van der Waals surface area contributed by atoms with E-state index in [0.717, 1.165) is 5.56 Å². The lowest BCUT2D eigenvalue weighted by Crippen LogP contribution is -2.45. The van der Waals surface area contributed by atoms with Crippen molar-refractivity contribution in [3.8, 4) is 5.75 Å². The lowest BCUT2D eigenvalue weighted by atomic mass is 10.1. The predicted octanol–water partition coefficient (Wildman–Crippen LogP) is 2.97. The van der Waals surface area contributed by atoms with E-state index in [1.54, 1.807) is 30.6 Å². The summed E-state index contributed by atoms with van der Waals surface area (Å²) in [5.74, 6) is 0.480. The Bertz CT molecular complexity index is 631. The minimum atomic E-state index is -0.440. The van der Waals surface area contributed by atoms with Crippen LogP contribution in [0.1, 0.15) is 29.8 Å². The first-order valence-corrected chi connectivity index (χ1v) is 7.13. The van der Waals surface area contributed by atoms with Crippen molar-refractivity contribution in [1.82, 2.24) is 10.3 Å². The average Bonchev–Trinajstić information content (AvgIpc) is 2.51. The van der Waals surface area contributed by atoms with Gasteiger partial charge in [-0.2, -0.15) is 0 Å². The van der Waals surface area contributed by atoms with E-state index < -0.39 is 5.54 Å². The smallest absolute Gasteiger partial charge is 0.251 e. The summed E-state index contributed by atoms with van der Waals surface area (Å²) < 4.78 is 5.68. The fourth-order valence-corrected chi connectivity index (χ4v) is 1.79. The van der Waals surface area contributed by atoms with Crippen LogP contribution < -0.4 is 15.8 Å². The van der Waals surface area contributed by atoms with Crippen molar-refractivity contribution in [3.05, 3.63) is 59.9 Å². The Labute approximate surface area is 154 Å². The van der Waals surface area contributed by atoms with Crippen molar-refractivity contribution in [2.75, 3.05) is 6.54 Å². The Morgan fingerprint density at radius 1 is 1.25 bits per heavy atom. The molecule has 0 saturated heterocycles. The molecule has 24 heavy (non-hydrogen) atoms. The van der Waals surface area contributed by atoms with Crippen LogP contribution in [0.4, 0.5) is 0 Å². The molecular formula is C17H23Cl2N3O2. The van der Waals surface area contributed by atoms with Crippen LogP contribution in [0.25, 0.3) is 0 Å². The number of nitrogens with zero attached hydrogens (tertiary/aromatic N) is 1. The summed E-state index contributed by atoms with van der Waals surface area (Å²) in [5, 5.41) is 2.81. The number of hydrogen-bond acceptors (Lipinski definition) is 4. The van der Waals surface area contributed by atoms with Crippen molar-refractivity contribution in [1.29, 1.82) is 0 Å². The quantitative estimate of drug-likeness (QED) is 0.817. The SMILES string of the molecule is CC(C)(N)CNC(=O)c1cccc(OCc2cccnc2)c1.Cl.Cl. The van der Waals surface area contributed by atoms with Gasteiger partial charge in [0.25, 0.3) is 5.91 Å². The van der Waals surface area contributed by atoms with Gasteiger partial charge in [0.05, 0.1) is 0 Å². The molecule has 1 aromatic heterocycles. The number of nitrogens with one attached hydrogen (secondary N) is 1. The minimum absolute atomic E-state index is 0. The number of rotatable bonds is 6. The minimum Gasteiger partial charge on any atom is -0.489 e. The number of carbonyl (C=O) groups is 1. The van der Waals surface area contributed by atoms with E-state index >= 15 is 0 Å². The molecule has 1 aromatic carbocycles. The fourth-order valence-electron chi connectivity index (χ4n) is 1.79. The zero-order valence-electron chi connectivity index (χ0n) is 13.7. The maximum absolute atomic E-state index is 12.1. The van der Waals surface area contributed by atoms with Crippen molar-refractivity contribution < 1.29 is 9.53 Å². The molecule has 0 aliphatic carbocycles. The fraction of sp³-hybridized carbons (Fsp3) is 0.294. The number of amides is 1. The van der Waals surface area contributed by atoms with E-state index in [4.69, 9.17) is 10.5 Å². The van der Waals surface area contributed by atoms with Gasteiger partial charge in [0.2, 0.25) is 0 Å². The highest BCUT2D eigenvalue weighted by molar-refractivity contribution is 5.94. The van der Waals surface area contributed by atoms with Crippen molar-refractivity contribution in [2.24, 2.45) is 5.73 Å². The standard InChI is InChI=1S/C17H21N3O2.2ClH/c1-17(2,18)12-20-16(21)14-6-3-7-15(9-14)22-11-13-5-4-8-19-10-13;;/h3-10H,11-12,18H2,1-2H3,(H,20,21);2*1H. The van der Waals surface area contributed by atoms with Gasteiger partial charge in [-0.15, -0.1) is 24.8 Å². The Kier molecular flexibility index (Phi) is 9.36. The average molecular weight is 372 g/mol. The molecule has 0 saturated carbocycles. The van der Waals surface area contributed by atoms with Gasteiger partial charge in [0.1, 0.15) is 12.4 Å². The first kappa shape index (κ1) is 22.2. The van der Waals surface area contributed by atoms with Crippen LogP contribution in [0.2, 0.25) is 0 Å². The molecule has 132 valence electrons. The third-order valence-corrected chi connectivity index (χ3v) is 2.93. The second-order valence-corrected chi connectivity index (χ2v) is 5.85. The first-order valence-electron chi connectivity index (χ1n) is 7.13. The highest BCUT2D eigenvalue weighted by atomic mass is 35.5.